The van der Waals surface area contributed by atoms with Crippen LogP contribution in [0.5, 0.6) is 5.75 Å². The van der Waals surface area contributed by atoms with Crippen LogP contribution >= 0.6 is 0 Å². The van der Waals surface area contributed by atoms with Gasteiger partial charge >= 0.3 is 0 Å². The van der Waals surface area contributed by atoms with Gasteiger partial charge in [0.15, 0.2) is 0 Å². The van der Waals surface area contributed by atoms with Crippen molar-refractivity contribution in [3.8, 4) is 11.8 Å². The molecule has 0 aromatic heterocycles. The molecule has 0 aliphatic rings. The van der Waals surface area contributed by atoms with Gasteiger partial charge in [0.2, 0.25) is 11.8 Å². The third kappa shape index (κ3) is 3.21. The molecule has 0 radical (unpaired) electrons. The van der Waals surface area contributed by atoms with Crippen molar-refractivity contribution < 1.29 is 14.7 Å². The molecule has 1 rings (SSSR count). The molecule has 0 heterocycles. The van der Waals surface area contributed by atoms with Gasteiger partial charge in [-0.1, -0.05) is 12.1 Å². The zero-order chi connectivity index (χ0) is 12.8. The molecule has 0 aliphatic carbocycles. The number of rotatable bonds is 4. The molecule has 0 fully saturated rings. The van der Waals surface area contributed by atoms with Crippen LogP contribution in [0.15, 0.2) is 24.3 Å². The Hall–Kier alpha value is -2.55. The second-order valence-electron chi connectivity index (χ2n) is 3.30. The molecule has 6 heteroatoms. The van der Waals surface area contributed by atoms with Gasteiger partial charge in [-0.25, -0.2) is 0 Å². The number of nitriles is 1. The maximum atomic E-state index is 11.6. The summed E-state index contributed by atoms with van der Waals surface area (Å²) in [6, 6.07) is 7.28. The van der Waals surface area contributed by atoms with Crippen LogP contribution in [0, 0.1) is 11.3 Å². The number of nitrogens with one attached hydrogen (secondary N) is 1. The van der Waals surface area contributed by atoms with Gasteiger partial charge in [-0.3, -0.25) is 9.59 Å². The van der Waals surface area contributed by atoms with E-state index in [1.807, 2.05) is 0 Å². The van der Waals surface area contributed by atoms with E-state index in [1.54, 1.807) is 6.07 Å². The summed E-state index contributed by atoms with van der Waals surface area (Å²) in [7, 11) is 0. The van der Waals surface area contributed by atoms with Crippen molar-refractivity contribution in [2.75, 3.05) is 6.54 Å². The number of phenolic OH excluding ortho intramolecular Hbond substituents is 1. The van der Waals surface area contributed by atoms with Crippen molar-refractivity contribution in [3.05, 3.63) is 29.8 Å². The summed E-state index contributed by atoms with van der Waals surface area (Å²) in [6.45, 7) is -0.194. The molecule has 6 nitrogen and oxygen atoms in total. The fraction of sp³-hybridized carbons (Fsp3) is 0.182. The highest BCUT2D eigenvalue weighted by atomic mass is 16.3. The lowest BCUT2D eigenvalue weighted by atomic mass is 9.97. The summed E-state index contributed by atoms with van der Waals surface area (Å²) in [4.78, 5) is 22.8. The average Bonchev–Trinajstić information content (AvgIpc) is 2.29. The Morgan fingerprint density at radius 3 is 2.47 bits per heavy atom. The van der Waals surface area contributed by atoms with Gasteiger partial charge in [-0.2, -0.15) is 5.26 Å². The first-order chi connectivity index (χ1) is 8.06. The van der Waals surface area contributed by atoms with Crippen LogP contribution in [0.4, 0.5) is 0 Å². The van der Waals surface area contributed by atoms with Gasteiger partial charge in [0.25, 0.3) is 0 Å². The molecule has 4 N–H and O–H groups in total. The van der Waals surface area contributed by atoms with Crippen LogP contribution in [-0.2, 0) is 9.59 Å². The number of carbonyl (C=O) groups is 2. The molecule has 1 aromatic carbocycles. The minimum absolute atomic E-state index is 0.0226. The first-order valence-electron chi connectivity index (χ1n) is 4.79. The Bertz CT molecular complexity index is 462. The molecular formula is C11H11N3O3. The Kier molecular flexibility index (Phi) is 4.06. The third-order valence-electron chi connectivity index (χ3n) is 2.11. The van der Waals surface area contributed by atoms with Crippen molar-refractivity contribution in [1.29, 1.82) is 5.26 Å². The van der Waals surface area contributed by atoms with Crippen molar-refractivity contribution in [2.24, 2.45) is 5.73 Å². The lowest BCUT2D eigenvalue weighted by Gasteiger charge is -2.12. The minimum atomic E-state index is -1.16. The Labute approximate surface area is 97.7 Å². The molecule has 1 atom stereocenters. The number of aromatic hydroxyl groups is 1. The first-order valence-corrected chi connectivity index (χ1v) is 4.79. The molecule has 1 aromatic rings. The van der Waals surface area contributed by atoms with Crippen LogP contribution in [-0.4, -0.2) is 23.5 Å². The molecular weight excluding hydrogens is 222 g/mol. The first kappa shape index (κ1) is 12.5. The van der Waals surface area contributed by atoms with Gasteiger partial charge in [0.05, 0.1) is 6.07 Å². The van der Waals surface area contributed by atoms with Crippen molar-refractivity contribution in [2.45, 2.75) is 5.92 Å². The molecule has 0 saturated heterocycles. The van der Waals surface area contributed by atoms with E-state index in [2.05, 4.69) is 5.32 Å². The Morgan fingerprint density at radius 1 is 1.41 bits per heavy atom. The molecule has 0 aliphatic heterocycles. The average molecular weight is 233 g/mol. The van der Waals surface area contributed by atoms with Gasteiger partial charge in [0.1, 0.15) is 18.2 Å². The van der Waals surface area contributed by atoms with Crippen LogP contribution < -0.4 is 11.1 Å². The van der Waals surface area contributed by atoms with E-state index in [1.165, 1.54) is 24.3 Å². The fourth-order valence-corrected chi connectivity index (χ4v) is 1.34. The molecule has 2 amide bonds. The normalized spacial score (nSPS) is 11.2. The fourth-order valence-electron chi connectivity index (χ4n) is 1.34. The zero-order valence-electron chi connectivity index (χ0n) is 8.88. The zero-order valence-corrected chi connectivity index (χ0v) is 8.88. The maximum absolute atomic E-state index is 11.6. The van der Waals surface area contributed by atoms with E-state index >= 15 is 0 Å². The van der Waals surface area contributed by atoms with Gasteiger partial charge in [-0.15, -0.1) is 0 Å². The summed E-state index contributed by atoms with van der Waals surface area (Å²) in [6.07, 6.45) is 0. The largest absolute Gasteiger partial charge is 0.508 e. The SMILES string of the molecule is N#CCNC(=O)C(C(N)=O)c1ccc(O)cc1. The highest BCUT2D eigenvalue weighted by molar-refractivity contribution is 6.05. The highest BCUT2D eigenvalue weighted by Crippen LogP contribution is 2.18. The van der Waals surface area contributed by atoms with Crippen molar-refractivity contribution >= 4 is 11.8 Å². The van der Waals surface area contributed by atoms with Crippen LogP contribution in [0.3, 0.4) is 0 Å². The summed E-state index contributed by atoms with van der Waals surface area (Å²) in [5.41, 5.74) is 5.50. The third-order valence-corrected chi connectivity index (χ3v) is 2.11. The van der Waals surface area contributed by atoms with E-state index in [0.29, 0.717) is 5.56 Å². The number of carbonyl (C=O) groups excluding carboxylic acids is 2. The molecule has 0 saturated carbocycles. The topological polar surface area (TPSA) is 116 Å². The maximum Gasteiger partial charge on any atom is 0.237 e. The number of nitrogens with zero attached hydrogens (tertiary/aromatic N) is 1. The van der Waals surface area contributed by atoms with E-state index < -0.39 is 17.7 Å². The van der Waals surface area contributed by atoms with Crippen LogP contribution in [0.2, 0.25) is 0 Å². The van der Waals surface area contributed by atoms with E-state index in [-0.39, 0.29) is 12.3 Å². The number of nitrogens with two attached hydrogens (primary N) is 1. The molecule has 88 valence electrons. The van der Waals surface area contributed by atoms with Crippen LogP contribution in [0.1, 0.15) is 11.5 Å². The quantitative estimate of drug-likeness (QED) is 0.484. The lowest BCUT2D eigenvalue weighted by Crippen LogP contribution is -2.37. The number of hydrogen-bond acceptors (Lipinski definition) is 4. The number of benzene rings is 1. The molecule has 17 heavy (non-hydrogen) atoms. The van der Waals surface area contributed by atoms with Crippen molar-refractivity contribution in [1.82, 2.24) is 5.32 Å². The minimum Gasteiger partial charge on any atom is -0.508 e. The molecule has 1 unspecified atom stereocenters. The van der Waals surface area contributed by atoms with Gasteiger partial charge in [0, 0.05) is 0 Å². The van der Waals surface area contributed by atoms with Gasteiger partial charge in [-0.05, 0) is 17.7 Å². The monoisotopic (exact) mass is 233 g/mol. The second-order valence-corrected chi connectivity index (χ2v) is 3.30. The van der Waals surface area contributed by atoms with Gasteiger partial charge < -0.3 is 16.2 Å². The summed E-state index contributed by atoms with van der Waals surface area (Å²) in [5.74, 6) is -2.59. The number of primary amides is 1. The summed E-state index contributed by atoms with van der Waals surface area (Å²) < 4.78 is 0. The second kappa shape index (κ2) is 5.51. The summed E-state index contributed by atoms with van der Waals surface area (Å²) >= 11 is 0. The predicted octanol–water partition coefficient (Wildman–Crippen LogP) is -0.399. The van der Waals surface area contributed by atoms with Crippen LogP contribution in [0.25, 0.3) is 0 Å². The standard InChI is InChI=1S/C11H11N3O3/c12-5-6-14-11(17)9(10(13)16)7-1-3-8(15)4-2-7/h1-4,9,15H,6H2,(H2,13,16)(H,14,17). The number of amides is 2. The van der Waals surface area contributed by atoms with E-state index in [4.69, 9.17) is 16.1 Å². The predicted molar refractivity (Wildman–Crippen MR) is 58.7 cm³/mol. The Balaban J connectivity index is 2.94. The molecule has 0 bridgehead atoms. The Morgan fingerprint density at radius 2 is 2.00 bits per heavy atom. The molecule has 0 spiro atoms. The summed E-state index contributed by atoms with van der Waals surface area (Å²) in [5, 5.41) is 19.7. The number of phenols is 1. The smallest absolute Gasteiger partial charge is 0.237 e. The van der Waals surface area contributed by atoms with E-state index in [0.717, 1.165) is 0 Å². The van der Waals surface area contributed by atoms with Crippen molar-refractivity contribution in [3.63, 3.8) is 0 Å². The lowest BCUT2D eigenvalue weighted by molar-refractivity contribution is -0.129. The number of hydrogen-bond donors (Lipinski definition) is 3. The van der Waals surface area contributed by atoms with E-state index in [9.17, 15) is 9.59 Å². The highest BCUT2D eigenvalue weighted by Gasteiger charge is 2.25.